The van der Waals surface area contributed by atoms with Crippen LogP contribution in [-0.2, 0) is 16.1 Å². The van der Waals surface area contributed by atoms with E-state index in [1.165, 1.54) is 44.8 Å². The highest BCUT2D eigenvalue weighted by molar-refractivity contribution is 14.0. The molecule has 1 spiro atoms. The van der Waals surface area contributed by atoms with Crippen molar-refractivity contribution in [2.75, 3.05) is 33.3 Å². The number of amides is 2. The number of urea groups is 1. The van der Waals surface area contributed by atoms with Crippen LogP contribution in [0.15, 0.2) is 77.9 Å². The van der Waals surface area contributed by atoms with Gasteiger partial charge in [0, 0.05) is 45.3 Å². The van der Waals surface area contributed by atoms with Gasteiger partial charge in [-0.25, -0.2) is 9.78 Å². The zero-order valence-corrected chi connectivity index (χ0v) is 29.4. The van der Waals surface area contributed by atoms with Crippen molar-refractivity contribution in [3.8, 4) is 11.3 Å². The number of aromatic nitrogens is 2. The maximum absolute atomic E-state index is 13.7. The van der Waals surface area contributed by atoms with E-state index < -0.39 is 0 Å². The summed E-state index contributed by atoms with van der Waals surface area (Å²) in [6, 6.07) is 22.0. The van der Waals surface area contributed by atoms with Crippen LogP contribution in [0.3, 0.4) is 0 Å². The van der Waals surface area contributed by atoms with Gasteiger partial charge in [-0.15, -0.1) is 24.0 Å². The second-order valence-electron chi connectivity index (χ2n) is 12.6. The van der Waals surface area contributed by atoms with E-state index in [-0.39, 0.29) is 61.6 Å². The van der Waals surface area contributed by atoms with E-state index in [1.54, 1.807) is 17.0 Å². The highest BCUT2D eigenvalue weighted by Crippen LogP contribution is 2.45. The standard InChI is InChI=1S/C24H35N3O3.C12H12N2O.HI.H2/c1-30-22(28)17-25-20-10-15-27(21(16-20)19-8-3-2-4-9-19)23(29)26-14-7-13-24(18-26)11-5-6-12-24;1-2-14-9-13-11(8-12(14)15)10-6-4-3-5-7-10;;/h2-4,8-9,20-21,25H,5-7,10-18H2,1H3;3-9H,2H2,1H3;2*1H/t20-,21+;;;/m1.../s1. The lowest BCUT2D eigenvalue weighted by molar-refractivity contribution is -0.139. The van der Waals surface area contributed by atoms with Gasteiger partial charge in [-0.3, -0.25) is 14.2 Å². The Morgan fingerprint density at radius 3 is 2.33 bits per heavy atom. The zero-order chi connectivity index (χ0) is 31.6. The van der Waals surface area contributed by atoms with E-state index in [1.807, 2.05) is 55.5 Å². The summed E-state index contributed by atoms with van der Waals surface area (Å²) in [5.41, 5.74) is 3.23. The number of halogens is 1. The second kappa shape index (κ2) is 17.1. The third kappa shape index (κ3) is 8.96. The van der Waals surface area contributed by atoms with Gasteiger partial charge in [0.05, 0.1) is 31.7 Å². The Morgan fingerprint density at radius 1 is 1.00 bits per heavy atom. The summed E-state index contributed by atoms with van der Waals surface area (Å²) in [5, 5.41) is 3.32. The van der Waals surface area contributed by atoms with Crippen molar-refractivity contribution < 1.29 is 15.8 Å². The number of hydrogen-bond donors (Lipinski definition) is 1. The van der Waals surface area contributed by atoms with Gasteiger partial charge in [-0.1, -0.05) is 73.5 Å². The number of likely N-dealkylation sites (tertiary alicyclic amines) is 2. The molecule has 2 amide bonds. The van der Waals surface area contributed by atoms with Gasteiger partial charge < -0.3 is 19.9 Å². The van der Waals surface area contributed by atoms with Gasteiger partial charge in [-0.2, -0.15) is 0 Å². The summed E-state index contributed by atoms with van der Waals surface area (Å²) >= 11 is 0. The number of nitrogens with one attached hydrogen (secondary N) is 1. The normalized spacial score (nSPS) is 20.3. The molecular formula is C36H50IN5O4. The first-order chi connectivity index (χ1) is 21.9. The van der Waals surface area contributed by atoms with Crippen LogP contribution in [0.25, 0.3) is 11.3 Å². The van der Waals surface area contributed by atoms with Gasteiger partial charge >= 0.3 is 12.0 Å². The molecule has 3 heterocycles. The summed E-state index contributed by atoms with van der Waals surface area (Å²) in [5.74, 6) is -0.250. The van der Waals surface area contributed by atoms with Crippen LogP contribution >= 0.6 is 24.0 Å². The molecule has 0 bridgehead atoms. The lowest BCUT2D eigenvalue weighted by Gasteiger charge is -2.46. The van der Waals surface area contributed by atoms with Gasteiger partial charge in [0.25, 0.3) is 5.56 Å². The predicted molar refractivity (Wildman–Crippen MR) is 193 cm³/mol. The third-order valence-corrected chi connectivity index (χ3v) is 9.68. The molecule has 2 atom stereocenters. The van der Waals surface area contributed by atoms with Crippen LogP contribution < -0.4 is 10.9 Å². The molecule has 6 rings (SSSR count). The number of nitrogens with zero attached hydrogens (tertiary/aromatic N) is 4. The number of hydrogen-bond acceptors (Lipinski definition) is 6. The number of carbonyl (C=O) groups is 2. The van der Waals surface area contributed by atoms with Crippen molar-refractivity contribution in [3.05, 3.63) is 89.0 Å². The first kappa shape index (κ1) is 35.6. The number of methoxy groups -OCH3 is 1. The minimum atomic E-state index is -0.250. The van der Waals surface area contributed by atoms with E-state index in [4.69, 9.17) is 4.74 Å². The van der Waals surface area contributed by atoms with Crippen LogP contribution in [-0.4, -0.2) is 70.7 Å². The first-order valence-electron chi connectivity index (χ1n) is 16.4. The Hall–Kier alpha value is -3.25. The molecule has 1 aliphatic carbocycles. The van der Waals surface area contributed by atoms with Crippen molar-refractivity contribution in [3.63, 3.8) is 0 Å². The lowest BCUT2D eigenvalue weighted by Crippen LogP contribution is -2.54. The minimum Gasteiger partial charge on any atom is -0.468 e. The monoisotopic (exact) mass is 743 g/mol. The van der Waals surface area contributed by atoms with Crippen LogP contribution in [0, 0.1) is 5.41 Å². The molecule has 2 saturated heterocycles. The van der Waals surface area contributed by atoms with Crippen molar-refractivity contribution in [1.82, 2.24) is 24.7 Å². The van der Waals surface area contributed by atoms with E-state index in [0.29, 0.717) is 18.5 Å². The van der Waals surface area contributed by atoms with Crippen LogP contribution in [0.2, 0.25) is 0 Å². The fourth-order valence-electron chi connectivity index (χ4n) is 7.19. The second-order valence-corrected chi connectivity index (χ2v) is 12.6. The van der Waals surface area contributed by atoms with E-state index in [9.17, 15) is 14.4 Å². The predicted octanol–water partition coefficient (Wildman–Crippen LogP) is 6.53. The Kier molecular flexibility index (Phi) is 13.2. The molecule has 250 valence electrons. The fraction of sp³-hybridized carbons (Fsp3) is 0.500. The zero-order valence-electron chi connectivity index (χ0n) is 27.1. The van der Waals surface area contributed by atoms with Crippen LogP contribution in [0.4, 0.5) is 4.79 Å². The molecule has 46 heavy (non-hydrogen) atoms. The number of rotatable bonds is 6. The molecule has 0 radical (unpaired) electrons. The lowest BCUT2D eigenvalue weighted by atomic mass is 9.78. The molecule has 2 aromatic carbocycles. The summed E-state index contributed by atoms with van der Waals surface area (Å²) < 4.78 is 6.34. The maximum atomic E-state index is 13.7. The summed E-state index contributed by atoms with van der Waals surface area (Å²) in [6.45, 7) is 5.30. The quantitative estimate of drug-likeness (QED) is 0.228. The maximum Gasteiger partial charge on any atom is 0.320 e. The van der Waals surface area contributed by atoms with Crippen LogP contribution in [0.1, 0.15) is 71.3 Å². The van der Waals surface area contributed by atoms with Crippen molar-refractivity contribution in [2.45, 2.75) is 76.9 Å². The Bertz CT molecular complexity index is 1470. The molecular weight excluding hydrogens is 693 g/mol. The number of piperidine rings is 2. The molecule has 2 aliphatic heterocycles. The SMILES string of the molecule is CCn1cnc(-c2ccccc2)cc1=O.COC(=O)CN[C@@H]1CCN(C(=O)N2CCCC3(CCCC3)C2)[C@H](c2ccccc2)C1.I.[HH]. The third-order valence-electron chi connectivity index (χ3n) is 9.68. The van der Waals surface area contributed by atoms with Crippen molar-refractivity contribution in [2.24, 2.45) is 5.41 Å². The minimum absolute atomic E-state index is 0. The molecule has 1 N–H and O–H groups in total. The van der Waals surface area contributed by atoms with Gasteiger partial charge in [0.1, 0.15) is 0 Å². The molecule has 3 fully saturated rings. The molecule has 9 nitrogen and oxygen atoms in total. The summed E-state index contributed by atoms with van der Waals surface area (Å²) in [7, 11) is 1.41. The average Bonchev–Trinajstić information content (AvgIpc) is 3.54. The average molecular weight is 744 g/mol. The van der Waals surface area contributed by atoms with Crippen molar-refractivity contribution in [1.29, 1.82) is 0 Å². The molecule has 1 aromatic heterocycles. The van der Waals surface area contributed by atoms with Crippen molar-refractivity contribution >= 4 is 36.0 Å². The highest BCUT2D eigenvalue weighted by atomic mass is 127. The van der Waals surface area contributed by atoms with Gasteiger partial charge in [-0.05, 0) is 56.4 Å². The van der Waals surface area contributed by atoms with E-state index in [2.05, 4.69) is 32.2 Å². The number of ether oxygens (including phenoxy) is 1. The first-order valence-corrected chi connectivity index (χ1v) is 16.4. The topological polar surface area (TPSA) is 96.8 Å². The molecule has 0 unspecified atom stereocenters. The number of carbonyl (C=O) groups excluding carboxylic acids is 2. The van der Waals surface area contributed by atoms with Gasteiger partial charge in [0.2, 0.25) is 0 Å². The molecule has 3 aromatic rings. The molecule has 3 aliphatic rings. The highest BCUT2D eigenvalue weighted by Gasteiger charge is 2.42. The molecule has 10 heteroatoms. The van der Waals surface area contributed by atoms with E-state index in [0.717, 1.165) is 43.6 Å². The Morgan fingerprint density at radius 2 is 1.67 bits per heavy atom. The number of esters is 1. The Labute approximate surface area is 291 Å². The van der Waals surface area contributed by atoms with Crippen LogP contribution in [0.5, 0.6) is 0 Å². The number of aryl methyl sites for hydroxylation is 1. The number of benzene rings is 2. The molecule has 1 saturated carbocycles. The fourth-order valence-corrected chi connectivity index (χ4v) is 7.19. The summed E-state index contributed by atoms with van der Waals surface area (Å²) in [4.78, 5) is 45.2. The summed E-state index contributed by atoms with van der Waals surface area (Å²) in [6.07, 6.45) is 10.8. The Balaban J connectivity index is 0.000000299. The smallest absolute Gasteiger partial charge is 0.320 e. The van der Waals surface area contributed by atoms with Gasteiger partial charge in [0.15, 0.2) is 0 Å². The van der Waals surface area contributed by atoms with E-state index >= 15 is 0 Å². The largest absolute Gasteiger partial charge is 0.468 e.